The Morgan fingerprint density at radius 1 is 0.941 bits per heavy atom. The number of methoxy groups -OCH3 is 2. The molecule has 1 fully saturated rings. The van der Waals surface area contributed by atoms with Crippen LogP contribution >= 0.6 is 0 Å². The summed E-state index contributed by atoms with van der Waals surface area (Å²) in [4.78, 5) is 2.46. The fraction of sp³-hybridized carbons (Fsp3) is 0.415. The molecule has 0 aliphatic carbocycles. The van der Waals surface area contributed by atoms with Gasteiger partial charge in [-0.3, -0.25) is 0 Å². The molecule has 4 aromatic rings. The lowest BCUT2D eigenvalue weighted by Gasteiger charge is -2.39. The number of rotatable bonds is 16. The van der Waals surface area contributed by atoms with Crippen LogP contribution in [0.25, 0.3) is 0 Å². The van der Waals surface area contributed by atoms with E-state index in [2.05, 4.69) is 34.5 Å². The number of benzene rings is 4. The molecular formula is C41H50N2O7S. The predicted molar refractivity (Wildman–Crippen MR) is 199 cm³/mol. The molecule has 6 rings (SSSR count). The van der Waals surface area contributed by atoms with Crippen LogP contribution in [-0.4, -0.2) is 74.2 Å². The van der Waals surface area contributed by atoms with Crippen LogP contribution in [-0.2, 0) is 30.7 Å². The summed E-state index contributed by atoms with van der Waals surface area (Å²) >= 11 is 0. The lowest BCUT2D eigenvalue weighted by atomic mass is 9.83. The van der Waals surface area contributed by atoms with E-state index in [-0.39, 0.29) is 16.9 Å². The van der Waals surface area contributed by atoms with Gasteiger partial charge in [-0.15, -0.1) is 0 Å². The molecule has 2 aliphatic rings. The van der Waals surface area contributed by atoms with Gasteiger partial charge in [0.25, 0.3) is 0 Å². The number of anilines is 1. The number of ether oxygens (including phenoxy) is 5. The Balaban J connectivity index is 1.29. The van der Waals surface area contributed by atoms with Gasteiger partial charge in [-0.1, -0.05) is 66.2 Å². The van der Waals surface area contributed by atoms with Crippen LogP contribution < -0.4 is 19.7 Å². The molecule has 1 unspecified atom stereocenters. The highest BCUT2D eigenvalue weighted by atomic mass is 32.2. The van der Waals surface area contributed by atoms with E-state index in [4.69, 9.17) is 23.7 Å². The maximum absolute atomic E-state index is 14.6. The molecule has 9 nitrogen and oxygen atoms in total. The van der Waals surface area contributed by atoms with Crippen LogP contribution in [0.2, 0.25) is 0 Å². The molecule has 0 saturated carbocycles. The van der Waals surface area contributed by atoms with Crippen molar-refractivity contribution in [3.8, 4) is 11.5 Å². The summed E-state index contributed by atoms with van der Waals surface area (Å²) < 4.78 is 59.0. The van der Waals surface area contributed by atoms with Crippen LogP contribution in [0.4, 0.5) is 5.69 Å². The maximum Gasteiger partial charge on any atom is 0.209 e. The van der Waals surface area contributed by atoms with Gasteiger partial charge in [0.05, 0.1) is 36.9 Å². The van der Waals surface area contributed by atoms with Gasteiger partial charge in [0.15, 0.2) is 5.44 Å². The van der Waals surface area contributed by atoms with Gasteiger partial charge in [0.1, 0.15) is 18.1 Å². The smallest absolute Gasteiger partial charge is 0.209 e. The molecule has 2 aliphatic heterocycles. The third-order valence-electron chi connectivity index (χ3n) is 9.78. The first-order valence-electron chi connectivity index (χ1n) is 17.8. The normalized spacial score (nSPS) is 19.6. The van der Waals surface area contributed by atoms with E-state index in [1.165, 1.54) is 0 Å². The van der Waals surface area contributed by atoms with Crippen molar-refractivity contribution in [2.45, 2.75) is 61.2 Å². The first kappa shape index (κ1) is 36.8. The number of aryl methyl sites for hydroxylation is 1. The summed E-state index contributed by atoms with van der Waals surface area (Å²) in [5.74, 6) is 1.43. The molecule has 1 N–H and O–H groups in total. The predicted octanol–water partition coefficient (Wildman–Crippen LogP) is 6.85. The minimum absolute atomic E-state index is 0.0708. The zero-order chi connectivity index (χ0) is 35.6. The summed E-state index contributed by atoms with van der Waals surface area (Å²) in [5, 5.41) is 3.67. The fourth-order valence-corrected chi connectivity index (χ4v) is 8.49. The van der Waals surface area contributed by atoms with Gasteiger partial charge in [0, 0.05) is 45.4 Å². The first-order chi connectivity index (χ1) is 24.9. The highest BCUT2D eigenvalue weighted by Crippen LogP contribution is 2.41. The molecule has 0 amide bonds. The zero-order valence-electron chi connectivity index (χ0n) is 29.8. The average Bonchev–Trinajstić information content (AvgIpc) is 3.16. The molecule has 272 valence electrons. The first-order valence-corrected chi connectivity index (χ1v) is 19.4. The molecule has 0 aromatic heterocycles. The molecule has 4 aromatic carbocycles. The quantitative estimate of drug-likeness (QED) is 0.125. The van der Waals surface area contributed by atoms with Gasteiger partial charge in [-0.2, -0.15) is 0 Å². The number of sulfone groups is 1. The van der Waals surface area contributed by atoms with Gasteiger partial charge < -0.3 is 33.9 Å². The second-order valence-electron chi connectivity index (χ2n) is 13.3. The van der Waals surface area contributed by atoms with Crippen molar-refractivity contribution < 1.29 is 32.1 Å². The van der Waals surface area contributed by atoms with Crippen molar-refractivity contribution in [1.29, 1.82) is 0 Å². The van der Waals surface area contributed by atoms with Crippen LogP contribution in [0.1, 0.15) is 52.9 Å². The van der Waals surface area contributed by atoms with Crippen molar-refractivity contribution >= 4 is 15.5 Å². The summed E-state index contributed by atoms with van der Waals surface area (Å²) in [5.41, 5.74) is 3.40. The number of nitrogens with zero attached hydrogens (tertiary/aromatic N) is 1. The monoisotopic (exact) mass is 714 g/mol. The topological polar surface area (TPSA) is 95.6 Å². The van der Waals surface area contributed by atoms with E-state index in [1.807, 2.05) is 67.6 Å². The Bertz CT molecular complexity index is 1790. The molecule has 0 radical (unpaired) electrons. The Labute approximate surface area is 302 Å². The maximum atomic E-state index is 14.6. The second kappa shape index (κ2) is 17.5. The Morgan fingerprint density at radius 2 is 1.73 bits per heavy atom. The number of hydrogen-bond acceptors (Lipinski definition) is 9. The zero-order valence-corrected chi connectivity index (χ0v) is 30.6. The van der Waals surface area contributed by atoms with Crippen molar-refractivity contribution in [3.05, 3.63) is 119 Å². The largest absolute Gasteiger partial charge is 0.497 e. The summed E-state index contributed by atoms with van der Waals surface area (Å²) in [6.45, 7) is 6.29. The number of hydrogen-bond donors (Lipinski definition) is 1. The van der Waals surface area contributed by atoms with E-state index in [9.17, 15) is 8.42 Å². The van der Waals surface area contributed by atoms with Gasteiger partial charge in [-0.05, 0) is 79.3 Å². The summed E-state index contributed by atoms with van der Waals surface area (Å²) in [6.07, 6.45) is 1.99. The number of nitrogens with one attached hydrogen (secondary N) is 1. The Morgan fingerprint density at radius 3 is 2.47 bits per heavy atom. The fourth-order valence-electron chi connectivity index (χ4n) is 6.93. The Kier molecular flexibility index (Phi) is 12.7. The van der Waals surface area contributed by atoms with Gasteiger partial charge in [-0.25, -0.2) is 8.42 Å². The van der Waals surface area contributed by atoms with Crippen LogP contribution in [0, 0.1) is 6.92 Å². The highest BCUT2D eigenvalue weighted by molar-refractivity contribution is 7.91. The molecule has 0 spiro atoms. The molecule has 51 heavy (non-hydrogen) atoms. The van der Waals surface area contributed by atoms with Crippen molar-refractivity contribution in [1.82, 2.24) is 5.32 Å². The molecule has 10 heteroatoms. The van der Waals surface area contributed by atoms with Crippen LogP contribution in [0.3, 0.4) is 0 Å². The molecule has 2 heterocycles. The SMILES string of the molecule is COCCCN1CCOc2ccc(C(O[C@H]3CN[C@@H](CCOCc4ccccc4)C[C@@H]3c3ccc(OC)cc3)S(=O)(=O)c3ccc(C)cc3)cc21. The van der Waals surface area contributed by atoms with Gasteiger partial charge >= 0.3 is 0 Å². The molecular weight excluding hydrogens is 665 g/mol. The van der Waals surface area contributed by atoms with E-state index in [0.29, 0.717) is 45.1 Å². The third kappa shape index (κ3) is 9.30. The summed E-state index contributed by atoms with van der Waals surface area (Å²) in [6, 6.07) is 31.0. The van der Waals surface area contributed by atoms with Crippen molar-refractivity contribution in [2.75, 3.05) is 58.6 Å². The highest BCUT2D eigenvalue weighted by Gasteiger charge is 2.39. The molecule has 0 bridgehead atoms. The second-order valence-corrected chi connectivity index (χ2v) is 15.3. The average molecular weight is 715 g/mol. The summed E-state index contributed by atoms with van der Waals surface area (Å²) in [7, 11) is -0.627. The minimum atomic E-state index is -3.98. The molecule has 4 atom stereocenters. The number of fused-ring (bicyclic) bond motifs is 1. The standard InChI is InChI=1S/C41H50N2O7S/c1-30-10-17-36(18-11-30)51(44,45)41(33-14-19-39-38(26-33)43(22-25-49-39)21-7-23-46-2)50-40-28-42-34(20-24-48-29-31-8-5-4-6-9-31)27-37(40)32-12-15-35(47-3)16-13-32/h4-6,8-19,26,34,37,40-42H,7,20-25,27-29H2,1-3H3/t34-,37+,40-,41?/m0/s1. The van der Waals surface area contributed by atoms with Crippen molar-refractivity contribution in [3.63, 3.8) is 0 Å². The molecule has 1 saturated heterocycles. The van der Waals surface area contributed by atoms with E-state index < -0.39 is 21.4 Å². The van der Waals surface area contributed by atoms with Crippen molar-refractivity contribution in [2.24, 2.45) is 0 Å². The third-order valence-corrected chi connectivity index (χ3v) is 11.7. The van der Waals surface area contributed by atoms with Crippen LogP contribution in [0.15, 0.2) is 102 Å². The van der Waals surface area contributed by atoms with E-state index >= 15 is 0 Å². The van der Waals surface area contributed by atoms with E-state index in [0.717, 1.165) is 59.7 Å². The Hall–Kier alpha value is -3.93. The number of piperidine rings is 1. The van der Waals surface area contributed by atoms with Gasteiger partial charge in [0.2, 0.25) is 9.84 Å². The van der Waals surface area contributed by atoms with E-state index in [1.54, 1.807) is 26.4 Å². The lowest BCUT2D eigenvalue weighted by molar-refractivity contribution is -0.00915. The lowest BCUT2D eigenvalue weighted by Crippen LogP contribution is -2.48. The minimum Gasteiger partial charge on any atom is -0.497 e. The van der Waals surface area contributed by atoms with Crippen LogP contribution in [0.5, 0.6) is 11.5 Å².